The van der Waals surface area contributed by atoms with Crippen LogP contribution in [0, 0.1) is 6.92 Å². The number of hydrogen-bond acceptors (Lipinski definition) is 2. The van der Waals surface area contributed by atoms with E-state index in [1.165, 1.54) is 10.4 Å². The van der Waals surface area contributed by atoms with Crippen molar-refractivity contribution in [2.24, 2.45) is 0 Å². The van der Waals surface area contributed by atoms with Gasteiger partial charge in [0.1, 0.15) is 0 Å². The fourth-order valence-corrected chi connectivity index (χ4v) is 2.65. The van der Waals surface area contributed by atoms with Crippen LogP contribution < -0.4 is 5.32 Å². The summed E-state index contributed by atoms with van der Waals surface area (Å²) in [6.45, 7) is 4.09. The highest BCUT2D eigenvalue weighted by molar-refractivity contribution is 7.09. The molecule has 2 aromatic rings. The minimum atomic E-state index is 0.0661. The molecule has 0 bridgehead atoms. The first-order valence-corrected chi connectivity index (χ1v) is 7.41. The van der Waals surface area contributed by atoms with Gasteiger partial charge in [-0.05, 0) is 37.3 Å². The average Bonchev–Trinajstić information content (AvgIpc) is 2.90. The number of benzene rings is 1. The average molecular weight is 273 g/mol. The van der Waals surface area contributed by atoms with Crippen molar-refractivity contribution in [3.05, 3.63) is 57.8 Å². The molecule has 3 heteroatoms. The molecule has 0 aliphatic carbocycles. The molecule has 1 N–H and O–H groups in total. The quantitative estimate of drug-likeness (QED) is 0.880. The molecule has 2 nitrogen and oxygen atoms in total. The van der Waals surface area contributed by atoms with Gasteiger partial charge < -0.3 is 5.32 Å². The highest BCUT2D eigenvalue weighted by atomic mass is 32.1. The Balaban J connectivity index is 1.83. The van der Waals surface area contributed by atoms with Crippen molar-refractivity contribution >= 4 is 17.2 Å². The largest absolute Gasteiger partial charge is 0.350 e. The highest BCUT2D eigenvalue weighted by Crippen LogP contribution is 2.14. The molecule has 1 amide bonds. The SMILES string of the molecule is Cc1ccc(C(C)NC(=O)CCc2cccs2)cc1. The normalized spacial score (nSPS) is 12.1. The summed E-state index contributed by atoms with van der Waals surface area (Å²) in [5.74, 6) is 0.112. The van der Waals surface area contributed by atoms with E-state index in [1.54, 1.807) is 11.3 Å². The molecule has 0 fully saturated rings. The fraction of sp³-hybridized carbons (Fsp3) is 0.312. The molecule has 1 atom stereocenters. The summed E-state index contributed by atoms with van der Waals surface area (Å²) in [7, 11) is 0. The van der Waals surface area contributed by atoms with Gasteiger partial charge in [-0.25, -0.2) is 0 Å². The molecule has 1 unspecified atom stereocenters. The standard InChI is InChI=1S/C16H19NOS/c1-12-5-7-14(8-6-12)13(2)17-16(18)10-9-15-4-3-11-19-15/h3-8,11,13H,9-10H2,1-2H3,(H,17,18). The first-order chi connectivity index (χ1) is 9.15. The monoisotopic (exact) mass is 273 g/mol. The lowest BCUT2D eigenvalue weighted by atomic mass is 10.1. The van der Waals surface area contributed by atoms with E-state index >= 15 is 0 Å². The first kappa shape index (κ1) is 13.8. The van der Waals surface area contributed by atoms with Gasteiger partial charge in [-0.15, -0.1) is 11.3 Å². The Labute approximate surface area is 118 Å². The third-order valence-electron chi connectivity index (χ3n) is 3.13. The van der Waals surface area contributed by atoms with E-state index in [9.17, 15) is 4.79 Å². The van der Waals surface area contributed by atoms with Crippen molar-refractivity contribution in [1.29, 1.82) is 0 Å². The van der Waals surface area contributed by atoms with E-state index < -0.39 is 0 Å². The maximum absolute atomic E-state index is 11.9. The molecule has 19 heavy (non-hydrogen) atoms. The number of nitrogens with one attached hydrogen (secondary N) is 1. The van der Waals surface area contributed by atoms with E-state index in [0.29, 0.717) is 6.42 Å². The number of hydrogen-bond donors (Lipinski definition) is 1. The first-order valence-electron chi connectivity index (χ1n) is 6.53. The number of amides is 1. The zero-order chi connectivity index (χ0) is 13.7. The van der Waals surface area contributed by atoms with Gasteiger partial charge >= 0.3 is 0 Å². The van der Waals surface area contributed by atoms with Crippen LogP contribution in [-0.4, -0.2) is 5.91 Å². The van der Waals surface area contributed by atoms with Crippen LogP contribution in [0.4, 0.5) is 0 Å². The van der Waals surface area contributed by atoms with Crippen LogP contribution in [0.2, 0.25) is 0 Å². The van der Waals surface area contributed by atoms with Crippen molar-refractivity contribution in [3.8, 4) is 0 Å². The Bertz CT molecular complexity index is 516. The molecule has 0 saturated carbocycles. The predicted molar refractivity (Wildman–Crippen MR) is 80.4 cm³/mol. The molecule has 0 aliphatic heterocycles. The molecule has 1 aromatic heterocycles. The zero-order valence-corrected chi connectivity index (χ0v) is 12.2. The molecule has 1 aromatic carbocycles. The van der Waals surface area contributed by atoms with E-state index in [4.69, 9.17) is 0 Å². The van der Waals surface area contributed by atoms with E-state index in [2.05, 4.69) is 42.6 Å². The Hall–Kier alpha value is -1.61. The number of aryl methyl sites for hydroxylation is 2. The molecule has 2 rings (SSSR count). The molecule has 0 spiro atoms. The Morgan fingerprint density at radius 3 is 2.63 bits per heavy atom. The van der Waals surface area contributed by atoms with Crippen LogP contribution in [0.3, 0.4) is 0 Å². The van der Waals surface area contributed by atoms with Gasteiger partial charge in [0.2, 0.25) is 5.91 Å². The van der Waals surface area contributed by atoms with E-state index in [0.717, 1.165) is 12.0 Å². The minimum Gasteiger partial charge on any atom is -0.350 e. The number of thiophene rings is 1. The van der Waals surface area contributed by atoms with Crippen molar-refractivity contribution in [2.75, 3.05) is 0 Å². The molecule has 0 saturated heterocycles. The Morgan fingerprint density at radius 2 is 2.00 bits per heavy atom. The Kier molecular flexibility index (Phi) is 4.74. The van der Waals surface area contributed by atoms with Gasteiger partial charge in [-0.2, -0.15) is 0 Å². The predicted octanol–water partition coefficient (Wildman–Crippen LogP) is 3.87. The third kappa shape index (κ3) is 4.21. The lowest BCUT2D eigenvalue weighted by molar-refractivity contribution is -0.121. The molecule has 0 radical (unpaired) electrons. The van der Waals surface area contributed by atoms with Crippen LogP contribution >= 0.6 is 11.3 Å². The fourth-order valence-electron chi connectivity index (χ4n) is 1.94. The number of carbonyl (C=O) groups excluding carboxylic acids is 1. The van der Waals surface area contributed by atoms with E-state index in [-0.39, 0.29) is 11.9 Å². The van der Waals surface area contributed by atoms with Gasteiger partial charge in [0.05, 0.1) is 6.04 Å². The lowest BCUT2D eigenvalue weighted by Gasteiger charge is -2.14. The molecule has 100 valence electrons. The summed E-state index contributed by atoms with van der Waals surface area (Å²) in [5.41, 5.74) is 2.38. The van der Waals surface area contributed by atoms with Crippen molar-refractivity contribution < 1.29 is 4.79 Å². The smallest absolute Gasteiger partial charge is 0.220 e. The van der Waals surface area contributed by atoms with Crippen molar-refractivity contribution in [1.82, 2.24) is 5.32 Å². The van der Waals surface area contributed by atoms with Gasteiger partial charge in [0, 0.05) is 11.3 Å². The van der Waals surface area contributed by atoms with Gasteiger partial charge in [0.15, 0.2) is 0 Å². The van der Waals surface area contributed by atoms with Crippen LogP contribution in [-0.2, 0) is 11.2 Å². The summed E-state index contributed by atoms with van der Waals surface area (Å²) in [6, 6.07) is 12.4. The van der Waals surface area contributed by atoms with Crippen LogP contribution in [0.5, 0.6) is 0 Å². The maximum Gasteiger partial charge on any atom is 0.220 e. The Morgan fingerprint density at radius 1 is 1.26 bits per heavy atom. The number of rotatable bonds is 5. The summed E-state index contributed by atoms with van der Waals surface area (Å²) >= 11 is 1.70. The van der Waals surface area contributed by atoms with Gasteiger partial charge in [0.25, 0.3) is 0 Å². The second kappa shape index (κ2) is 6.53. The molecular weight excluding hydrogens is 254 g/mol. The maximum atomic E-state index is 11.9. The summed E-state index contributed by atoms with van der Waals surface area (Å²) in [5, 5.41) is 5.09. The van der Waals surface area contributed by atoms with Crippen LogP contribution in [0.25, 0.3) is 0 Å². The van der Waals surface area contributed by atoms with Crippen molar-refractivity contribution in [3.63, 3.8) is 0 Å². The topological polar surface area (TPSA) is 29.1 Å². The summed E-state index contributed by atoms with van der Waals surface area (Å²) < 4.78 is 0. The minimum absolute atomic E-state index is 0.0661. The second-order valence-corrected chi connectivity index (χ2v) is 5.81. The zero-order valence-electron chi connectivity index (χ0n) is 11.3. The molecule has 1 heterocycles. The lowest BCUT2D eigenvalue weighted by Crippen LogP contribution is -2.26. The van der Waals surface area contributed by atoms with Crippen LogP contribution in [0.1, 0.15) is 35.4 Å². The molecular formula is C16H19NOS. The van der Waals surface area contributed by atoms with Gasteiger partial charge in [-0.3, -0.25) is 4.79 Å². The third-order valence-corrected chi connectivity index (χ3v) is 4.07. The van der Waals surface area contributed by atoms with Crippen molar-refractivity contribution in [2.45, 2.75) is 32.7 Å². The van der Waals surface area contributed by atoms with Crippen LogP contribution in [0.15, 0.2) is 41.8 Å². The number of carbonyl (C=O) groups is 1. The highest BCUT2D eigenvalue weighted by Gasteiger charge is 2.09. The summed E-state index contributed by atoms with van der Waals surface area (Å²) in [4.78, 5) is 13.1. The van der Waals surface area contributed by atoms with E-state index in [1.807, 2.05) is 18.4 Å². The summed E-state index contributed by atoms with van der Waals surface area (Å²) in [6.07, 6.45) is 1.38. The van der Waals surface area contributed by atoms with Gasteiger partial charge in [-0.1, -0.05) is 35.9 Å². The second-order valence-electron chi connectivity index (χ2n) is 4.78. The molecule has 0 aliphatic rings.